The summed E-state index contributed by atoms with van der Waals surface area (Å²) in [7, 11) is 0. The van der Waals surface area contributed by atoms with Crippen molar-refractivity contribution in [3.63, 3.8) is 0 Å². The average Bonchev–Trinajstić information content (AvgIpc) is 3.00. The van der Waals surface area contributed by atoms with Gasteiger partial charge in [-0.2, -0.15) is 0 Å². The van der Waals surface area contributed by atoms with Gasteiger partial charge in [-0.25, -0.2) is 0 Å². The van der Waals surface area contributed by atoms with Gasteiger partial charge in [0.15, 0.2) is 0 Å². The lowest BCUT2D eigenvalue weighted by atomic mass is 10.2. The zero-order valence-corrected chi connectivity index (χ0v) is 12.7. The Labute approximate surface area is 129 Å². The van der Waals surface area contributed by atoms with E-state index in [0.29, 0.717) is 0 Å². The fraction of sp³-hybridized carbons (Fsp3) is 0.294. The molecule has 2 aromatic rings. The summed E-state index contributed by atoms with van der Waals surface area (Å²) in [5, 5.41) is 0. The van der Waals surface area contributed by atoms with E-state index in [0.717, 1.165) is 32.2 Å². The topological polar surface area (TPSA) is 15.7 Å². The minimum Gasteiger partial charge on any atom is -0.378 e. The second-order valence-electron chi connectivity index (χ2n) is 5.29. The van der Waals surface area contributed by atoms with E-state index in [1.54, 1.807) is 0 Å². The maximum atomic E-state index is 5.44. The molecule has 2 heterocycles. The molecule has 0 unspecified atom stereocenters. The van der Waals surface area contributed by atoms with Gasteiger partial charge in [-0.3, -0.25) is 0 Å². The fourth-order valence-electron chi connectivity index (χ4n) is 2.90. The van der Waals surface area contributed by atoms with E-state index < -0.39 is 0 Å². The Morgan fingerprint density at radius 2 is 1.71 bits per heavy atom. The first-order valence-electron chi connectivity index (χ1n) is 7.34. The fourth-order valence-corrected chi connectivity index (χ4v) is 3.96. The quantitative estimate of drug-likeness (QED) is 0.839. The first-order chi connectivity index (χ1) is 10.4. The van der Waals surface area contributed by atoms with Gasteiger partial charge in [0.2, 0.25) is 0 Å². The molecule has 0 atom stereocenters. The molecule has 0 saturated carbocycles. The molecule has 4 rings (SSSR count). The van der Waals surface area contributed by atoms with Crippen LogP contribution in [-0.2, 0) is 4.74 Å². The number of rotatable bonds is 2. The Morgan fingerprint density at radius 1 is 0.905 bits per heavy atom. The average molecular weight is 298 g/mol. The summed E-state index contributed by atoms with van der Waals surface area (Å²) < 4.78 is 5.44. The molecule has 0 aromatic heterocycles. The van der Waals surface area contributed by atoms with Crippen LogP contribution in [0.4, 0.5) is 17.1 Å². The number of benzene rings is 2. The van der Waals surface area contributed by atoms with Gasteiger partial charge in [0, 0.05) is 29.4 Å². The van der Waals surface area contributed by atoms with Crippen LogP contribution < -0.4 is 9.80 Å². The van der Waals surface area contributed by atoms with E-state index >= 15 is 0 Å². The Kier molecular flexibility index (Phi) is 3.49. The number of ether oxygens (including phenoxy) is 1. The van der Waals surface area contributed by atoms with Crippen LogP contribution in [0.3, 0.4) is 0 Å². The van der Waals surface area contributed by atoms with Crippen molar-refractivity contribution in [1.82, 2.24) is 0 Å². The number of morpholine rings is 1. The zero-order chi connectivity index (χ0) is 14.1. The lowest BCUT2D eigenvalue weighted by Gasteiger charge is -2.30. The summed E-state index contributed by atoms with van der Waals surface area (Å²) in [6, 6.07) is 17.5. The minimum absolute atomic E-state index is 0.826. The highest BCUT2D eigenvalue weighted by Gasteiger charge is 2.21. The first-order valence-corrected chi connectivity index (χ1v) is 8.32. The smallest absolute Gasteiger partial charge is 0.0735 e. The van der Waals surface area contributed by atoms with E-state index in [1.165, 1.54) is 22.0 Å². The number of hydrogen-bond acceptors (Lipinski definition) is 4. The van der Waals surface area contributed by atoms with E-state index in [4.69, 9.17) is 4.74 Å². The van der Waals surface area contributed by atoms with E-state index in [1.807, 2.05) is 11.8 Å². The standard InChI is InChI=1S/C17H18N2OS/c1-2-7-17-16(6-1)19(13-21-17)15-5-3-4-14(12-15)18-8-10-20-11-9-18/h1-7,12H,8-11,13H2. The Morgan fingerprint density at radius 3 is 2.62 bits per heavy atom. The van der Waals surface area contributed by atoms with Crippen molar-refractivity contribution in [3.8, 4) is 0 Å². The SMILES string of the molecule is c1cc(N2CCOCC2)cc(N2CSc3ccccc32)c1. The molecule has 2 aromatic carbocycles. The Hall–Kier alpha value is -1.65. The number of thioether (sulfide) groups is 1. The second-order valence-corrected chi connectivity index (χ2v) is 6.28. The second kappa shape index (κ2) is 5.62. The summed E-state index contributed by atoms with van der Waals surface area (Å²) in [5.74, 6) is 0.992. The number of para-hydroxylation sites is 1. The number of anilines is 3. The maximum Gasteiger partial charge on any atom is 0.0735 e. The van der Waals surface area contributed by atoms with Crippen molar-refractivity contribution in [1.29, 1.82) is 0 Å². The molecular formula is C17H18N2OS. The Balaban J connectivity index is 1.64. The lowest BCUT2D eigenvalue weighted by Crippen LogP contribution is -2.36. The van der Waals surface area contributed by atoms with Crippen LogP contribution in [0.15, 0.2) is 53.4 Å². The highest BCUT2D eigenvalue weighted by atomic mass is 32.2. The van der Waals surface area contributed by atoms with Crippen molar-refractivity contribution >= 4 is 28.8 Å². The van der Waals surface area contributed by atoms with Gasteiger partial charge in [-0.15, -0.1) is 11.8 Å². The van der Waals surface area contributed by atoms with Crippen LogP contribution in [0.1, 0.15) is 0 Å². The summed E-state index contributed by atoms with van der Waals surface area (Å²) in [6.45, 7) is 3.61. The molecule has 3 nitrogen and oxygen atoms in total. The molecule has 1 fully saturated rings. The van der Waals surface area contributed by atoms with Crippen LogP contribution in [-0.4, -0.2) is 32.2 Å². The lowest BCUT2D eigenvalue weighted by molar-refractivity contribution is 0.122. The van der Waals surface area contributed by atoms with Crippen molar-refractivity contribution in [3.05, 3.63) is 48.5 Å². The van der Waals surface area contributed by atoms with Gasteiger partial charge in [-0.05, 0) is 30.3 Å². The van der Waals surface area contributed by atoms with Gasteiger partial charge in [0.25, 0.3) is 0 Å². The van der Waals surface area contributed by atoms with E-state index in [-0.39, 0.29) is 0 Å². The normalized spacial score (nSPS) is 17.9. The van der Waals surface area contributed by atoms with Crippen molar-refractivity contribution < 1.29 is 4.74 Å². The molecule has 2 aliphatic heterocycles. The molecule has 4 heteroatoms. The predicted octanol–water partition coefficient (Wildman–Crippen LogP) is 3.72. The molecule has 0 aliphatic carbocycles. The molecule has 0 N–H and O–H groups in total. The number of nitrogens with zero attached hydrogens (tertiary/aromatic N) is 2. The van der Waals surface area contributed by atoms with Gasteiger partial charge in [0.05, 0.1) is 24.8 Å². The first kappa shape index (κ1) is 13.0. The van der Waals surface area contributed by atoms with Crippen LogP contribution in [0.2, 0.25) is 0 Å². The van der Waals surface area contributed by atoms with Gasteiger partial charge in [-0.1, -0.05) is 18.2 Å². The van der Waals surface area contributed by atoms with Gasteiger partial charge < -0.3 is 14.5 Å². The summed E-state index contributed by atoms with van der Waals surface area (Å²) in [5.41, 5.74) is 3.89. The number of fused-ring (bicyclic) bond motifs is 1. The van der Waals surface area contributed by atoms with Crippen LogP contribution in [0.25, 0.3) is 0 Å². The molecule has 2 aliphatic rings. The molecule has 108 valence electrons. The summed E-state index contributed by atoms with van der Waals surface area (Å²) in [6.07, 6.45) is 0. The summed E-state index contributed by atoms with van der Waals surface area (Å²) in [4.78, 5) is 6.17. The van der Waals surface area contributed by atoms with Crippen LogP contribution in [0, 0.1) is 0 Å². The van der Waals surface area contributed by atoms with Crippen molar-refractivity contribution in [2.24, 2.45) is 0 Å². The molecule has 21 heavy (non-hydrogen) atoms. The third kappa shape index (κ3) is 2.49. The van der Waals surface area contributed by atoms with Crippen LogP contribution >= 0.6 is 11.8 Å². The largest absolute Gasteiger partial charge is 0.378 e. The molecule has 0 spiro atoms. The van der Waals surface area contributed by atoms with Crippen LogP contribution in [0.5, 0.6) is 0 Å². The highest BCUT2D eigenvalue weighted by molar-refractivity contribution is 7.99. The molecular weight excluding hydrogens is 280 g/mol. The minimum atomic E-state index is 0.826. The monoisotopic (exact) mass is 298 g/mol. The third-order valence-corrected chi connectivity index (χ3v) is 5.07. The molecule has 0 bridgehead atoms. The third-order valence-electron chi connectivity index (χ3n) is 4.02. The summed E-state index contributed by atoms with van der Waals surface area (Å²) >= 11 is 1.90. The molecule has 0 amide bonds. The molecule has 0 radical (unpaired) electrons. The van der Waals surface area contributed by atoms with Crippen molar-refractivity contribution in [2.75, 3.05) is 42.0 Å². The van der Waals surface area contributed by atoms with Gasteiger partial charge >= 0.3 is 0 Å². The highest BCUT2D eigenvalue weighted by Crippen LogP contribution is 2.43. The maximum absolute atomic E-state index is 5.44. The number of hydrogen-bond donors (Lipinski definition) is 0. The van der Waals surface area contributed by atoms with Crippen molar-refractivity contribution in [2.45, 2.75) is 4.90 Å². The van der Waals surface area contributed by atoms with E-state index in [9.17, 15) is 0 Å². The Bertz CT molecular complexity index is 640. The van der Waals surface area contributed by atoms with Gasteiger partial charge in [0.1, 0.15) is 0 Å². The predicted molar refractivity (Wildman–Crippen MR) is 88.8 cm³/mol. The molecule has 1 saturated heterocycles. The zero-order valence-electron chi connectivity index (χ0n) is 11.9. The van der Waals surface area contributed by atoms with E-state index in [2.05, 4.69) is 58.3 Å².